The largest absolute Gasteiger partial charge is 0.340 e. The number of pyridine rings is 1. The first-order valence-electron chi connectivity index (χ1n) is 8.79. The number of hydrogen-bond donors (Lipinski definition) is 1. The van der Waals surface area contributed by atoms with Crippen LogP contribution in [0.2, 0.25) is 0 Å². The third-order valence-electron chi connectivity index (χ3n) is 4.66. The normalized spacial score (nSPS) is 14.3. The Morgan fingerprint density at radius 1 is 1.00 bits per heavy atom. The van der Waals surface area contributed by atoms with Crippen molar-refractivity contribution >= 4 is 23.3 Å². The molecule has 1 N–H and O–H groups in total. The predicted molar refractivity (Wildman–Crippen MR) is 102 cm³/mol. The van der Waals surface area contributed by atoms with Crippen LogP contribution in [0.4, 0.5) is 11.5 Å². The van der Waals surface area contributed by atoms with Gasteiger partial charge in [-0.1, -0.05) is 17.7 Å². The molecule has 0 aliphatic carbocycles. The lowest BCUT2D eigenvalue weighted by molar-refractivity contribution is -0.130. The highest BCUT2D eigenvalue weighted by molar-refractivity contribution is 5.95. The summed E-state index contributed by atoms with van der Waals surface area (Å²) < 4.78 is 0. The minimum atomic E-state index is -0.0284. The predicted octanol–water partition coefficient (Wildman–Crippen LogP) is 2.75. The van der Waals surface area contributed by atoms with Crippen molar-refractivity contribution in [1.82, 2.24) is 14.8 Å². The number of amides is 2. The van der Waals surface area contributed by atoms with E-state index >= 15 is 0 Å². The van der Waals surface area contributed by atoms with Gasteiger partial charge in [0.2, 0.25) is 5.91 Å². The van der Waals surface area contributed by atoms with Crippen molar-refractivity contribution in [3.8, 4) is 0 Å². The Balaban J connectivity index is 1.71. The maximum Gasteiger partial charge on any atom is 0.254 e. The van der Waals surface area contributed by atoms with E-state index in [0.29, 0.717) is 37.6 Å². The van der Waals surface area contributed by atoms with Crippen LogP contribution in [-0.4, -0.2) is 52.8 Å². The Morgan fingerprint density at radius 2 is 1.69 bits per heavy atom. The number of hydrogen-bond acceptors (Lipinski definition) is 4. The molecule has 1 aliphatic rings. The maximum absolute atomic E-state index is 12.8. The zero-order chi connectivity index (χ0) is 18.7. The summed E-state index contributed by atoms with van der Waals surface area (Å²) in [5.41, 5.74) is 3.91. The first-order valence-corrected chi connectivity index (χ1v) is 8.79. The molecular weight excluding hydrogens is 328 g/mol. The van der Waals surface area contributed by atoms with Gasteiger partial charge in [0.15, 0.2) is 0 Å². The quantitative estimate of drug-likeness (QED) is 0.922. The molecule has 2 amide bonds. The van der Waals surface area contributed by atoms with Gasteiger partial charge >= 0.3 is 0 Å². The zero-order valence-corrected chi connectivity index (χ0v) is 15.5. The van der Waals surface area contributed by atoms with Crippen LogP contribution in [0.1, 0.15) is 28.4 Å². The third kappa shape index (κ3) is 4.02. The van der Waals surface area contributed by atoms with Crippen molar-refractivity contribution in [1.29, 1.82) is 0 Å². The zero-order valence-electron chi connectivity index (χ0n) is 15.5. The SMILES string of the molecule is CC(=O)N1CCN(C(=O)c2ccnc(Nc3ccc(C)cc3C)c2)CC1. The van der Waals surface area contributed by atoms with E-state index in [4.69, 9.17) is 0 Å². The fraction of sp³-hybridized carbons (Fsp3) is 0.350. The summed E-state index contributed by atoms with van der Waals surface area (Å²) in [7, 11) is 0. The van der Waals surface area contributed by atoms with E-state index in [2.05, 4.69) is 23.3 Å². The molecule has 0 spiro atoms. The fourth-order valence-corrected chi connectivity index (χ4v) is 3.13. The molecule has 2 aromatic rings. The number of carbonyl (C=O) groups is 2. The fourth-order valence-electron chi connectivity index (χ4n) is 3.13. The van der Waals surface area contributed by atoms with Gasteiger partial charge in [0.05, 0.1) is 0 Å². The molecule has 1 saturated heterocycles. The number of benzene rings is 1. The van der Waals surface area contributed by atoms with E-state index in [1.165, 1.54) is 5.56 Å². The van der Waals surface area contributed by atoms with E-state index in [1.807, 2.05) is 19.1 Å². The third-order valence-corrected chi connectivity index (χ3v) is 4.66. The summed E-state index contributed by atoms with van der Waals surface area (Å²) in [5.74, 6) is 0.672. The van der Waals surface area contributed by atoms with Crippen molar-refractivity contribution in [3.05, 3.63) is 53.2 Å². The molecule has 1 aromatic heterocycles. The number of nitrogens with one attached hydrogen (secondary N) is 1. The topological polar surface area (TPSA) is 65.5 Å². The van der Waals surface area contributed by atoms with Crippen molar-refractivity contribution in [2.45, 2.75) is 20.8 Å². The lowest BCUT2D eigenvalue weighted by Crippen LogP contribution is -2.50. The highest BCUT2D eigenvalue weighted by Crippen LogP contribution is 2.21. The average Bonchev–Trinajstić information content (AvgIpc) is 2.64. The lowest BCUT2D eigenvalue weighted by atomic mass is 10.1. The van der Waals surface area contributed by atoms with Gasteiger partial charge in [-0.25, -0.2) is 4.98 Å². The summed E-state index contributed by atoms with van der Waals surface area (Å²) in [6.07, 6.45) is 1.64. The average molecular weight is 352 g/mol. The maximum atomic E-state index is 12.8. The molecule has 0 atom stereocenters. The Hall–Kier alpha value is -2.89. The second-order valence-electron chi connectivity index (χ2n) is 6.67. The number of carbonyl (C=O) groups excluding carboxylic acids is 2. The number of rotatable bonds is 3. The molecule has 136 valence electrons. The molecule has 0 radical (unpaired) electrons. The van der Waals surface area contributed by atoms with Crippen LogP contribution in [0.15, 0.2) is 36.5 Å². The second-order valence-corrected chi connectivity index (χ2v) is 6.67. The van der Waals surface area contributed by atoms with Gasteiger partial charge in [-0.2, -0.15) is 0 Å². The Morgan fingerprint density at radius 3 is 2.35 bits per heavy atom. The molecule has 26 heavy (non-hydrogen) atoms. The van der Waals surface area contributed by atoms with E-state index in [9.17, 15) is 9.59 Å². The van der Waals surface area contributed by atoms with Crippen LogP contribution in [0.5, 0.6) is 0 Å². The molecule has 0 unspecified atom stereocenters. The molecule has 1 fully saturated rings. The molecule has 1 aromatic carbocycles. The monoisotopic (exact) mass is 352 g/mol. The van der Waals surface area contributed by atoms with E-state index < -0.39 is 0 Å². The number of piperazine rings is 1. The van der Waals surface area contributed by atoms with Crippen LogP contribution in [0, 0.1) is 13.8 Å². The Labute approximate surface area is 153 Å². The molecule has 0 bridgehead atoms. The number of anilines is 2. The summed E-state index contributed by atoms with van der Waals surface area (Å²) in [6.45, 7) is 7.94. The summed E-state index contributed by atoms with van der Waals surface area (Å²) in [4.78, 5) is 32.1. The van der Waals surface area contributed by atoms with Crippen molar-refractivity contribution in [2.75, 3.05) is 31.5 Å². The van der Waals surface area contributed by atoms with E-state index in [-0.39, 0.29) is 11.8 Å². The molecule has 2 heterocycles. The summed E-state index contributed by atoms with van der Waals surface area (Å²) in [5, 5.41) is 3.28. The standard InChI is InChI=1S/C20H24N4O2/c1-14-4-5-18(15(2)12-14)22-19-13-17(6-7-21-19)20(26)24-10-8-23(9-11-24)16(3)25/h4-7,12-13H,8-11H2,1-3H3,(H,21,22). The number of nitrogens with zero attached hydrogens (tertiary/aromatic N) is 3. The molecule has 0 saturated carbocycles. The van der Waals surface area contributed by atoms with Gasteiger partial charge in [0.25, 0.3) is 5.91 Å². The summed E-state index contributed by atoms with van der Waals surface area (Å²) in [6, 6.07) is 9.67. The minimum Gasteiger partial charge on any atom is -0.340 e. The molecule has 6 nitrogen and oxygen atoms in total. The van der Waals surface area contributed by atoms with Gasteiger partial charge in [0.1, 0.15) is 5.82 Å². The molecular formula is C20H24N4O2. The van der Waals surface area contributed by atoms with E-state index in [0.717, 1.165) is 11.3 Å². The van der Waals surface area contributed by atoms with E-state index in [1.54, 1.807) is 35.1 Å². The molecule has 3 rings (SSSR count). The number of aromatic nitrogens is 1. The van der Waals surface area contributed by atoms with Crippen molar-refractivity contribution < 1.29 is 9.59 Å². The van der Waals surface area contributed by atoms with Crippen LogP contribution in [0.3, 0.4) is 0 Å². The highest BCUT2D eigenvalue weighted by Gasteiger charge is 2.23. The van der Waals surface area contributed by atoms with Gasteiger partial charge in [-0.3, -0.25) is 9.59 Å². The summed E-state index contributed by atoms with van der Waals surface area (Å²) >= 11 is 0. The van der Waals surface area contributed by atoms with Gasteiger partial charge in [0, 0.05) is 50.6 Å². The minimum absolute atomic E-state index is 0.0284. The number of aryl methyl sites for hydroxylation is 2. The van der Waals surface area contributed by atoms with Gasteiger partial charge in [-0.15, -0.1) is 0 Å². The van der Waals surface area contributed by atoms with Crippen LogP contribution < -0.4 is 5.32 Å². The van der Waals surface area contributed by atoms with Crippen molar-refractivity contribution in [3.63, 3.8) is 0 Å². The first-order chi connectivity index (χ1) is 12.4. The van der Waals surface area contributed by atoms with Crippen LogP contribution in [0.25, 0.3) is 0 Å². The van der Waals surface area contributed by atoms with Crippen LogP contribution in [-0.2, 0) is 4.79 Å². The van der Waals surface area contributed by atoms with Gasteiger partial charge in [-0.05, 0) is 37.6 Å². The van der Waals surface area contributed by atoms with Gasteiger partial charge < -0.3 is 15.1 Å². The van der Waals surface area contributed by atoms with Crippen LogP contribution >= 0.6 is 0 Å². The molecule has 1 aliphatic heterocycles. The lowest BCUT2D eigenvalue weighted by Gasteiger charge is -2.34. The highest BCUT2D eigenvalue weighted by atomic mass is 16.2. The smallest absolute Gasteiger partial charge is 0.254 e. The van der Waals surface area contributed by atoms with Crippen molar-refractivity contribution in [2.24, 2.45) is 0 Å². The second kappa shape index (κ2) is 7.56. The Kier molecular flexibility index (Phi) is 5.21. The molecule has 6 heteroatoms. The Bertz CT molecular complexity index is 826. The first kappa shape index (κ1) is 17.9.